The van der Waals surface area contributed by atoms with Crippen molar-refractivity contribution in [3.63, 3.8) is 0 Å². The van der Waals surface area contributed by atoms with Crippen LogP contribution in [0.3, 0.4) is 0 Å². The molecule has 2 aromatic rings. The smallest absolute Gasteiger partial charge is 0.0418 e. The molecule has 2 nitrogen and oxygen atoms in total. The Hall–Kier alpha value is -1.51. The molecule has 0 amide bonds. The van der Waals surface area contributed by atoms with Crippen molar-refractivity contribution in [1.82, 2.24) is 5.32 Å². The van der Waals surface area contributed by atoms with Crippen molar-refractivity contribution in [3.05, 3.63) is 65.2 Å². The lowest BCUT2D eigenvalue weighted by Gasteiger charge is -2.38. The van der Waals surface area contributed by atoms with Crippen LogP contribution in [-0.2, 0) is 6.42 Å². The normalized spacial score (nSPS) is 18.7. The molecule has 1 aliphatic heterocycles. The topological polar surface area (TPSA) is 15.3 Å². The maximum absolute atomic E-state index is 6.00. The Morgan fingerprint density at radius 1 is 1.05 bits per heavy atom. The SMILES string of the molecule is Clc1ccc(N2CCNCC2CCc2ccccc2)cc1. The highest BCUT2D eigenvalue weighted by Gasteiger charge is 2.22. The first-order valence-electron chi connectivity index (χ1n) is 7.60. The van der Waals surface area contributed by atoms with Crippen molar-refractivity contribution in [3.8, 4) is 0 Å². The van der Waals surface area contributed by atoms with Gasteiger partial charge >= 0.3 is 0 Å². The predicted octanol–water partition coefficient (Wildman–Crippen LogP) is 3.75. The molecule has 0 saturated carbocycles. The summed E-state index contributed by atoms with van der Waals surface area (Å²) in [5, 5.41) is 4.32. The third-order valence-electron chi connectivity index (χ3n) is 4.12. The molecule has 0 bridgehead atoms. The Labute approximate surface area is 131 Å². The van der Waals surface area contributed by atoms with E-state index >= 15 is 0 Å². The largest absolute Gasteiger partial charge is 0.366 e. The molecule has 3 rings (SSSR count). The van der Waals surface area contributed by atoms with Crippen molar-refractivity contribution in [1.29, 1.82) is 0 Å². The number of benzene rings is 2. The van der Waals surface area contributed by atoms with Crippen LogP contribution >= 0.6 is 11.6 Å². The fraction of sp³-hybridized carbons (Fsp3) is 0.333. The van der Waals surface area contributed by atoms with E-state index < -0.39 is 0 Å². The zero-order chi connectivity index (χ0) is 14.5. The molecule has 110 valence electrons. The van der Waals surface area contributed by atoms with Crippen LogP contribution < -0.4 is 10.2 Å². The molecule has 1 heterocycles. The van der Waals surface area contributed by atoms with E-state index in [-0.39, 0.29) is 0 Å². The number of hydrogen-bond acceptors (Lipinski definition) is 2. The van der Waals surface area contributed by atoms with E-state index in [0.29, 0.717) is 6.04 Å². The highest BCUT2D eigenvalue weighted by Crippen LogP contribution is 2.23. The van der Waals surface area contributed by atoms with Crippen molar-refractivity contribution in [2.24, 2.45) is 0 Å². The minimum atomic E-state index is 0.542. The average molecular weight is 301 g/mol. The summed E-state index contributed by atoms with van der Waals surface area (Å²) >= 11 is 6.00. The Kier molecular flexibility index (Phi) is 4.79. The van der Waals surface area contributed by atoms with E-state index in [2.05, 4.69) is 52.7 Å². The average Bonchev–Trinajstić information content (AvgIpc) is 2.55. The number of piperazine rings is 1. The van der Waals surface area contributed by atoms with Crippen LogP contribution in [0, 0.1) is 0 Å². The number of rotatable bonds is 4. The van der Waals surface area contributed by atoms with Crippen LogP contribution in [0.5, 0.6) is 0 Å². The van der Waals surface area contributed by atoms with Crippen molar-refractivity contribution in [2.45, 2.75) is 18.9 Å². The number of nitrogens with one attached hydrogen (secondary N) is 1. The number of hydrogen-bond donors (Lipinski definition) is 1. The lowest BCUT2D eigenvalue weighted by Crippen LogP contribution is -2.51. The van der Waals surface area contributed by atoms with Gasteiger partial charge in [0.1, 0.15) is 0 Å². The van der Waals surface area contributed by atoms with Gasteiger partial charge in [-0.15, -0.1) is 0 Å². The van der Waals surface area contributed by atoms with Crippen LogP contribution in [0.15, 0.2) is 54.6 Å². The molecule has 0 radical (unpaired) electrons. The third kappa shape index (κ3) is 3.78. The van der Waals surface area contributed by atoms with E-state index in [4.69, 9.17) is 11.6 Å². The van der Waals surface area contributed by atoms with E-state index in [1.165, 1.54) is 17.7 Å². The van der Waals surface area contributed by atoms with Crippen molar-refractivity contribution >= 4 is 17.3 Å². The Morgan fingerprint density at radius 2 is 1.81 bits per heavy atom. The molecular formula is C18H21ClN2. The van der Waals surface area contributed by atoms with Gasteiger partial charge in [0.15, 0.2) is 0 Å². The van der Waals surface area contributed by atoms with E-state index in [9.17, 15) is 0 Å². The molecule has 1 saturated heterocycles. The summed E-state index contributed by atoms with van der Waals surface area (Å²) in [6.07, 6.45) is 2.29. The van der Waals surface area contributed by atoms with Gasteiger partial charge in [-0.1, -0.05) is 41.9 Å². The summed E-state index contributed by atoms with van der Waals surface area (Å²) in [6, 6.07) is 19.5. The summed E-state index contributed by atoms with van der Waals surface area (Å²) < 4.78 is 0. The van der Waals surface area contributed by atoms with Crippen LogP contribution in [-0.4, -0.2) is 25.7 Å². The van der Waals surface area contributed by atoms with Crippen LogP contribution in [0.4, 0.5) is 5.69 Å². The maximum Gasteiger partial charge on any atom is 0.0418 e. The highest BCUT2D eigenvalue weighted by molar-refractivity contribution is 6.30. The highest BCUT2D eigenvalue weighted by atomic mass is 35.5. The first kappa shape index (κ1) is 14.4. The zero-order valence-electron chi connectivity index (χ0n) is 12.1. The number of aryl methyl sites for hydroxylation is 1. The van der Waals surface area contributed by atoms with E-state index in [1.54, 1.807) is 0 Å². The summed E-state index contributed by atoms with van der Waals surface area (Å²) in [6.45, 7) is 3.15. The molecule has 1 unspecified atom stereocenters. The van der Waals surface area contributed by atoms with Crippen LogP contribution in [0.2, 0.25) is 5.02 Å². The van der Waals surface area contributed by atoms with Gasteiger partial charge in [-0.25, -0.2) is 0 Å². The Balaban J connectivity index is 1.68. The standard InChI is InChI=1S/C18H21ClN2/c19-16-7-10-17(11-8-16)21-13-12-20-14-18(21)9-6-15-4-2-1-3-5-15/h1-5,7-8,10-11,18,20H,6,9,12-14H2. The fourth-order valence-electron chi connectivity index (χ4n) is 2.97. The number of nitrogens with zero attached hydrogens (tertiary/aromatic N) is 1. The minimum Gasteiger partial charge on any atom is -0.366 e. The minimum absolute atomic E-state index is 0.542. The second-order valence-corrected chi connectivity index (χ2v) is 5.99. The number of anilines is 1. The van der Waals surface area contributed by atoms with Gasteiger partial charge in [-0.2, -0.15) is 0 Å². The van der Waals surface area contributed by atoms with Gasteiger partial charge in [0.05, 0.1) is 0 Å². The van der Waals surface area contributed by atoms with Gasteiger partial charge in [0.2, 0.25) is 0 Å². The van der Waals surface area contributed by atoms with Gasteiger partial charge in [0.25, 0.3) is 0 Å². The maximum atomic E-state index is 6.00. The summed E-state index contributed by atoms with van der Waals surface area (Å²) in [5.74, 6) is 0. The number of halogens is 1. The van der Waals surface area contributed by atoms with E-state index in [1.807, 2.05) is 12.1 Å². The molecule has 0 spiro atoms. The lowest BCUT2D eigenvalue weighted by molar-refractivity contribution is 0.454. The summed E-state index contributed by atoms with van der Waals surface area (Å²) in [7, 11) is 0. The molecule has 21 heavy (non-hydrogen) atoms. The summed E-state index contributed by atoms with van der Waals surface area (Å²) in [4.78, 5) is 2.51. The van der Waals surface area contributed by atoms with E-state index in [0.717, 1.165) is 31.1 Å². The molecule has 1 aliphatic rings. The predicted molar refractivity (Wildman–Crippen MR) is 90.2 cm³/mol. The molecule has 1 N–H and O–H groups in total. The quantitative estimate of drug-likeness (QED) is 0.925. The van der Waals surface area contributed by atoms with Crippen molar-refractivity contribution in [2.75, 3.05) is 24.5 Å². The molecule has 2 aromatic carbocycles. The van der Waals surface area contributed by atoms with Gasteiger partial charge in [0, 0.05) is 36.4 Å². The monoisotopic (exact) mass is 300 g/mol. The first-order valence-corrected chi connectivity index (χ1v) is 7.97. The third-order valence-corrected chi connectivity index (χ3v) is 4.37. The molecule has 0 aromatic heterocycles. The summed E-state index contributed by atoms with van der Waals surface area (Å²) in [5.41, 5.74) is 2.69. The Morgan fingerprint density at radius 3 is 2.57 bits per heavy atom. The van der Waals surface area contributed by atoms with Gasteiger partial charge < -0.3 is 10.2 Å². The van der Waals surface area contributed by atoms with Crippen LogP contribution in [0.25, 0.3) is 0 Å². The molecular weight excluding hydrogens is 280 g/mol. The fourth-order valence-corrected chi connectivity index (χ4v) is 3.10. The van der Waals surface area contributed by atoms with Crippen molar-refractivity contribution < 1.29 is 0 Å². The van der Waals surface area contributed by atoms with Crippen LogP contribution in [0.1, 0.15) is 12.0 Å². The Bertz CT molecular complexity index is 553. The second kappa shape index (κ2) is 6.97. The molecule has 3 heteroatoms. The lowest BCUT2D eigenvalue weighted by atomic mass is 10.0. The molecule has 1 atom stereocenters. The first-order chi connectivity index (χ1) is 10.3. The second-order valence-electron chi connectivity index (χ2n) is 5.55. The van der Waals surface area contributed by atoms with Gasteiger partial charge in [-0.3, -0.25) is 0 Å². The molecule has 0 aliphatic carbocycles. The van der Waals surface area contributed by atoms with Gasteiger partial charge in [-0.05, 0) is 42.7 Å². The molecule has 1 fully saturated rings. The zero-order valence-corrected chi connectivity index (χ0v) is 12.9.